The molecule has 0 bridgehead atoms. The van der Waals surface area contributed by atoms with Crippen LogP contribution in [0.25, 0.3) is 0 Å². The number of benzene rings is 1. The quantitative estimate of drug-likeness (QED) is 0.864. The molecule has 4 heteroatoms. The molecule has 0 radical (unpaired) electrons. The summed E-state index contributed by atoms with van der Waals surface area (Å²) in [6.07, 6.45) is 0. The number of hydrogen-bond donors (Lipinski definition) is 1. The second kappa shape index (κ2) is 5.89. The lowest BCUT2D eigenvalue weighted by atomic mass is 10.1. The molecule has 1 N–H and O–H groups in total. The van der Waals surface area contributed by atoms with Gasteiger partial charge in [0.2, 0.25) is 0 Å². The minimum absolute atomic E-state index is 0.105. The van der Waals surface area contributed by atoms with Gasteiger partial charge in [-0.15, -0.1) is 0 Å². The normalized spacial score (nSPS) is 12.0. The maximum absolute atomic E-state index is 11.9. The lowest BCUT2D eigenvalue weighted by molar-refractivity contribution is 0.0951. The van der Waals surface area contributed by atoms with Gasteiger partial charge < -0.3 is 10.1 Å². The van der Waals surface area contributed by atoms with Crippen LogP contribution >= 0.6 is 15.9 Å². The van der Waals surface area contributed by atoms with Gasteiger partial charge in [0.1, 0.15) is 5.75 Å². The highest BCUT2D eigenvalue weighted by molar-refractivity contribution is 9.09. The summed E-state index contributed by atoms with van der Waals surface area (Å²) in [5.41, 5.74) is 1.62. The molecule has 1 amide bonds. The maximum Gasteiger partial charge on any atom is 0.255 e. The third-order valence-electron chi connectivity index (χ3n) is 2.14. The van der Waals surface area contributed by atoms with E-state index in [4.69, 9.17) is 4.74 Å². The Hall–Kier alpha value is -1.03. The lowest BCUT2D eigenvalue weighted by Crippen LogP contribution is -2.28. The van der Waals surface area contributed by atoms with Crippen LogP contribution in [0.5, 0.6) is 5.75 Å². The molecule has 0 spiro atoms. The predicted molar refractivity (Wildman–Crippen MR) is 68.5 cm³/mol. The van der Waals surface area contributed by atoms with Crippen LogP contribution in [0.2, 0.25) is 0 Å². The summed E-state index contributed by atoms with van der Waals surface area (Å²) in [6, 6.07) is 5.55. The van der Waals surface area contributed by atoms with Crippen molar-refractivity contribution in [2.45, 2.75) is 18.7 Å². The summed E-state index contributed by atoms with van der Waals surface area (Å²) in [6.45, 7) is 4.52. The first kappa shape index (κ1) is 13.0. The summed E-state index contributed by atoms with van der Waals surface area (Å²) < 4.78 is 5.16. The second-order valence-corrected chi connectivity index (χ2v) is 5.26. The smallest absolute Gasteiger partial charge is 0.255 e. The van der Waals surface area contributed by atoms with Gasteiger partial charge in [-0.1, -0.05) is 34.5 Å². The summed E-state index contributed by atoms with van der Waals surface area (Å²) in [7, 11) is 1.56. The standard InChI is InChI=1S/C12H16BrNO2/c1-8-4-5-11(16-3)10(6-8)12(15)14-7-9(2)13/h4-6,9H,7H2,1-3H3,(H,14,15). The van der Waals surface area contributed by atoms with E-state index in [1.165, 1.54) is 0 Å². The Kier molecular flexibility index (Phi) is 4.80. The Bertz CT molecular complexity index is 377. The third-order valence-corrected chi connectivity index (χ3v) is 2.47. The molecule has 0 aliphatic heterocycles. The van der Waals surface area contributed by atoms with Gasteiger partial charge in [0.15, 0.2) is 0 Å². The molecule has 0 saturated carbocycles. The van der Waals surface area contributed by atoms with Crippen molar-refractivity contribution in [1.82, 2.24) is 5.32 Å². The molecule has 0 aliphatic carbocycles. The first-order valence-corrected chi connectivity index (χ1v) is 6.03. The van der Waals surface area contributed by atoms with Crippen LogP contribution < -0.4 is 10.1 Å². The number of alkyl halides is 1. The number of halogens is 1. The van der Waals surface area contributed by atoms with Crippen molar-refractivity contribution >= 4 is 21.8 Å². The van der Waals surface area contributed by atoms with Crippen molar-refractivity contribution in [1.29, 1.82) is 0 Å². The maximum atomic E-state index is 11.9. The Labute approximate surface area is 104 Å². The lowest BCUT2D eigenvalue weighted by Gasteiger charge is -2.10. The van der Waals surface area contributed by atoms with Crippen molar-refractivity contribution in [3.63, 3.8) is 0 Å². The van der Waals surface area contributed by atoms with Gasteiger partial charge in [0.25, 0.3) is 5.91 Å². The number of ether oxygens (including phenoxy) is 1. The van der Waals surface area contributed by atoms with E-state index in [0.29, 0.717) is 17.9 Å². The van der Waals surface area contributed by atoms with Crippen LogP contribution in [-0.2, 0) is 0 Å². The van der Waals surface area contributed by atoms with Crippen LogP contribution in [0.3, 0.4) is 0 Å². The molecule has 16 heavy (non-hydrogen) atoms. The average Bonchev–Trinajstić information content (AvgIpc) is 2.25. The van der Waals surface area contributed by atoms with E-state index < -0.39 is 0 Å². The number of amides is 1. The van der Waals surface area contributed by atoms with Gasteiger partial charge in [-0.05, 0) is 19.1 Å². The van der Waals surface area contributed by atoms with Crippen molar-refractivity contribution in [2.75, 3.05) is 13.7 Å². The largest absolute Gasteiger partial charge is 0.496 e. The fourth-order valence-electron chi connectivity index (χ4n) is 1.33. The van der Waals surface area contributed by atoms with Crippen LogP contribution in [-0.4, -0.2) is 24.4 Å². The molecular weight excluding hydrogens is 270 g/mol. The summed E-state index contributed by atoms with van der Waals surface area (Å²) in [5, 5.41) is 2.83. The molecule has 0 aliphatic rings. The zero-order chi connectivity index (χ0) is 12.1. The highest BCUT2D eigenvalue weighted by Gasteiger charge is 2.12. The first-order valence-electron chi connectivity index (χ1n) is 5.11. The molecule has 1 unspecified atom stereocenters. The number of carbonyl (C=O) groups excluding carboxylic acids is 1. The van der Waals surface area contributed by atoms with E-state index in [9.17, 15) is 4.79 Å². The monoisotopic (exact) mass is 285 g/mol. The molecular formula is C12H16BrNO2. The fraction of sp³-hybridized carbons (Fsp3) is 0.417. The number of nitrogens with one attached hydrogen (secondary N) is 1. The molecule has 0 fully saturated rings. The van der Waals surface area contributed by atoms with Crippen molar-refractivity contribution in [3.8, 4) is 5.75 Å². The average molecular weight is 286 g/mol. The topological polar surface area (TPSA) is 38.3 Å². The molecule has 1 atom stereocenters. The molecule has 3 nitrogen and oxygen atoms in total. The Morgan fingerprint density at radius 3 is 2.81 bits per heavy atom. The number of methoxy groups -OCH3 is 1. The summed E-state index contributed by atoms with van der Waals surface area (Å²) >= 11 is 3.38. The number of aryl methyl sites for hydroxylation is 1. The van der Waals surface area contributed by atoms with Gasteiger partial charge in [0, 0.05) is 11.4 Å². The highest BCUT2D eigenvalue weighted by atomic mass is 79.9. The molecule has 0 heterocycles. The van der Waals surface area contributed by atoms with Crippen LogP contribution in [0.15, 0.2) is 18.2 Å². The highest BCUT2D eigenvalue weighted by Crippen LogP contribution is 2.19. The van der Waals surface area contributed by atoms with Crippen LogP contribution in [0, 0.1) is 6.92 Å². The summed E-state index contributed by atoms with van der Waals surface area (Å²) in [4.78, 5) is 12.1. The van der Waals surface area contributed by atoms with Crippen LogP contribution in [0.4, 0.5) is 0 Å². The van der Waals surface area contributed by atoms with Crippen molar-refractivity contribution in [3.05, 3.63) is 29.3 Å². The van der Waals surface area contributed by atoms with E-state index in [1.807, 2.05) is 32.0 Å². The SMILES string of the molecule is COc1ccc(C)cc1C(=O)NCC(C)Br. The minimum Gasteiger partial charge on any atom is -0.496 e. The number of carbonyl (C=O) groups is 1. The van der Waals surface area contributed by atoms with E-state index in [1.54, 1.807) is 7.11 Å². The zero-order valence-electron chi connectivity index (χ0n) is 9.71. The predicted octanol–water partition coefficient (Wildman–Crippen LogP) is 2.52. The third kappa shape index (κ3) is 3.52. The van der Waals surface area contributed by atoms with Gasteiger partial charge >= 0.3 is 0 Å². The first-order chi connectivity index (χ1) is 7.54. The number of hydrogen-bond acceptors (Lipinski definition) is 2. The van der Waals surface area contributed by atoms with E-state index in [2.05, 4.69) is 21.2 Å². The fourth-order valence-corrected chi connectivity index (χ4v) is 1.49. The van der Waals surface area contributed by atoms with Crippen molar-refractivity contribution in [2.24, 2.45) is 0 Å². The minimum atomic E-state index is -0.105. The van der Waals surface area contributed by atoms with Gasteiger partial charge in [-0.2, -0.15) is 0 Å². The Balaban J connectivity index is 2.84. The van der Waals surface area contributed by atoms with Gasteiger partial charge in [-0.25, -0.2) is 0 Å². The van der Waals surface area contributed by atoms with E-state index in [0.717, 1.165) is 5.56 Å². The summed E-state index contributed by atoms with van der Waals surface area (Å²) in [5.74, 6) is 0.497. The Morgan fingerprint density at radius 2 is 2.25 bits per heavy atom. The van der Waals surface area contributed by atoms with Crippen molar-refractivity contribution < 1.29 is 9.53 Å². The molecule has 0 saturated heterocycles. The van der Waals surface area contributed by atoms with Gasteiger partial charge in [0.05, 0.1) is 12.7 Å². The van der Waals surface area contributed by atoms with E-state index >= 15 is 0 Å². The molecule has 1 rings (SSSR count). The zero-order valence-corrected chi connectivity index (χ0v) is 11.3. The second-order valence-electron chi connectivity index (χ2n) is 3.69. The Morgan fingerprint density at radius 1 is 1.56 bits per heavy atom. The number of rotatable bonds is 4. The van der Waals surface area contributed by atoms with E-state index in [-0.39, 0.29) is 10.7 Å². The molecule has 1 aromatic rings. The molecule has 88 valence electrons. The molecule has 0 aromatic heterocycles. The van der Waals surface area contributed by atoms with Gasteiger partial charge in [-0.3, -0.25) is 4.79 Å². The van der Waals surface area contributed by atoms with Crippen LogP contribution in [0.1, 0.15) is 22.8 Å². The molecule has 1 aromatic carbocycles.